The van der Waals surface area contributed by atoms with E-state index >= 15 is 0 Å². The quantitative estimate of drug-likeness (QED) is 0.656. The summed E-state index contributed by atoms with van der Waals surface area (Å²) in [6.07, 6.45) is 4.23. The fourth-order valence-electron chi connectivity index (χ4n) is 3.21. The minimum absolute atomic E-state index is 0.0384. The molecule has 2 atom stereocenters. The summed E-state index contributed by atoms with van der Waals surface area (Å²) in [7, 11) is 0. The molecule has 0 aliphatic heterocycles. The molecule has 0 spiro atoms. The monoisotopic (exact) mass is 366 g/mol. The number of benzene rings is 1. The molecule has 1 unspecified atom stereocenters. The number of nitrogens with one attached hydrogen (secondary N) is 1. The van der Waals surface area contributed by atoms with Crippen LogP contribution in [-0.2, 0) is 0 Å². The predicted octanol–water partition coefficient (Wildman–Crippen LogP) is 4.85. The molecule has 1 aromatic carbocycles. The highest BCUT2D eigenvalue weighted by Gasteiger charge is 2.30. The molecular weight excluding hydrogens is 348 g/mol. The molecule has 4 rings (SSSR count). The molecule has 2 aromatic heterocycles. The highest BCUT2D eigenvalue weighted by molar-refractivity contribution is 6.30. The van der Waals surface area contributed by atoms with Crippen molar-refractivity contribution in [3.63, 3.8) is 0 Å². The molecule has 132 valence electrons. The molecule has 6 nitrogen and oxygen atoms in total. The highest BCUT2D eigenvalue weighted by atomic mass is 35.5. The van der Waals surface area contributed by atoms with Crippen LogP contribution in [0.3, 0.4) is 0 Å². The van der Waals surface area contributed by atoms with Crippen LogP contribution in [0.2, 0.25) is 5.02 Å². The lowest BCUT2D eigenvalue weighted by Crippen LogP contribution is -2.19. The summed E-state index contributed by atoms with van der Waals surface area (Å²) >= 11 is 6.01. The molecule has 2 heterocycles. The van der Waals surface area contributed by atoms with Crippen LogP contribution in [-0.4, -0.2) is 25.6 Å². The van der Waals surface area contributed by atoms with Crippen molar-refractivity contribution in [3.8, 4) is 0 Å². The van der Waals surface area contributed by atoms with Crippen LogP contribution in [0.5, 0.6) is 0 Å². The summed E-state index contributed by atoms with van der Waals surface area (Å²) in [5.41, 5.74) is 2.48. The van der Waals surface area contributed by atoms with Crippen LogP contribution < -0.4 is 5.32 Å². The first-order chi connectivity index (χ1) is 12.6. The van der Waals surface area contributed by atoms with Crippen LogP contribution in [0.4, 0.5) is 11.8 Å². The number of fused-ring (bicyclic) bond motifs is 1. The Kier molecular flexibility index (Phi) is 4.25. The molecule has 0 saturated heterocycles. The fourth-order valence-corrected chi connectivity index (χ4v) is 3.34. The molecule has 0 bridgehead atoms. The van der Waals surface area contributed by atoms with Gasteiger partial charge in [0.15, 0.2) is 5.52 Å². The Morgan fingerprint density at radius 1 is 1.23 bits per heavy atom. The SMILES string of the molecule is [C-]#[N+]c1nc(N[C@H](C)C2CC2)c2c(ncn2C(C)c2ccc(Cl)cc2)n1. The van der Waals surface area contributed by atoms with E-state index in [0.29, 0.717) is 28.4 Å². The van der Waals surface area contributed by atoms with Crippen molar-refractivity contribution in [2.45, 2.75) is 38.8 Å². The van der Waals surface area contributed by atoms with Crippen molar-refractivity contribution in [2.24, 2.45) is 5.92 Å². The van der Waals surface area contributed by atoms with E-state index in [9.17, 15) is 0 Å². The Morgan fingerprint density at radius 2 is 1.96 bits per heavy atom. The van der Waals surface area contributed by atoms with Gasteiger partial charge in [0.25, 0.3) is 0 Å². The van der Waals surface area contributed by atoms with E-state index in [4.69, 9.17) is 18.2 Å². The van der Waals surface area contributed by atoms with Crippen molar-refractivity contribution >= 4 is 34.5 Å². The van der Waals surface area contributed by atoms with Gasteiger partial charge in [0.2, 0.25) is 11.5 Å². The summed E-state index contributed by atoms with van der Waals surface area (Å²) in [6, 6.07) is 8.13. The van der Waals surface area contributed by atoms with Crippen LogP contribution in [0.15, 0.2) is 30.6 Å². The largest absolute Gasteiger partial charge is 0.394 e. The number of hydrogen-bond donors (Lipinski definition) is 1. The van der Waals surface area contributed by atoms with Crippen LogP contribution in [0, 0.1) is 12.5 Å². The van der Waals surface area contributed by atoms with E-state index in [1.165, 1.54) is 12.8 Å². The third kappa shape index (κ3) is 3.11. The van der Waals surface area contributed by atoms with E-state index in [-0.39, 0.29) is 12.0 Å². The number of halogens is 1. The first-order valence-electron chi connectivity index (χ1n) is 8.71. The maximum absolute atomic E-state index is 7.27. The molecule has 1 fully saturated rings. The number of hydrogen-bond acceptors (Lipinski definition) is 4. The van der Waals surface area contributed by atoms with Gasteiger partial charge >= 0.3 is 5.95 Å². The third-order valence-corrected chi connectivity index (χ3v) is 5.23. The van der Waals surface area contributed by atoms with E-state index in [1.54, 1.807) is 6.33 Å². The Balaban J connectivity index is 1.79. The zero-order valence-electron chi connectivity index (χ0n) is 14.6. The lowest BCUT2D eigenvalue weighted by Gasteiger charge is -2.17. The molecule has 1 N–H and O–H groups in total. The zero-order valence-corrected chi connectivity index (χ0v) is 15.4. The summed E-state index contributed by atoms with van der Waals surface area (Å²) in [5, 5.41) is 4.20. The molecule has 1 aliphatic rings. The number of anilines is 1. The van der Waals surface area contributed by atoms with E-state index in [2.05, 4.69) is 39.0 Å². The second kappa shape index (κ2) is 6.58. The number of nitrogens with zero attached hydrogens (tertiary/aromatic N) is 5. The van der Waals surface area contributed by atoms with Gasteiger partial charge < -0.3 is 14.7 Å². The van der Waals surface area contributed by atoms with E-state index in [0.717, 1.165) is 11.1 Å². The summed E-state index contributed by atoms with van der Waals surface area (Å²) in [4.78, 5) is 16.5. The Morgan fingerprint density at radius 3 is 2.62 bits per heavy atom. The van der Waals surface area contributed by atoms with Crippen molar-refractivity contribution in [1.82, 2.24) is 19.5 Å². The number of imidazole rings is 1. The second-order valence-corrected chi connectivity index (χ2v) is 7.24. The number of rotatable bonds is 5. The zero-order chi connectivity index (χ0) is 18.3. The molecule has 1 saturated carbocycles. The maximum atomic E-state index is 7.27. The van der Waals surface area contributed by atoms with Crippen LogP contribution in [0.1, 0.15) is 38.3 Å². The van der Waals surface area contributed by atoms with Gasteiger partial charge in [-0.15, -0.1) is 16.5 Å². The van der Waals surface area contributed by atoms with Crippen molar-refractivity contribution < 1.29 is 0 Å². The summed E-state index contributed by atoms with van der Waals surface area (Å²) in [5.74, 6) is 1.47. The molecule has 7 heteroatoms. The van der Waals surface area contributed by atoms with Gasteiger partial charge in [0, 0.05) is 11.1 Å². The van der Waals surface area contributed by atoms with Gasteiger partial charge in [-0.25, -0.2) is 4.98 Å². The third-order valence-electron chi connectivity index (χ3n) is 4.98. The maximum Gasteiger partial charge on any atom is 0.375 e. The van der Waals surface area contributed by atoms with Crippen LogP contribution >= 0.6 is 11.6 Å². The minimum atomic E-state index is 0.0384. The standard InChI is InChI=1S/C19H19ClN6/c1-11(13-4-5-13)23-18-16-17(24-19(21-3)25-18)22-10-26(16)12(2)14-6-8-15(20)9-7-14/h6-13H,4-5H2,1-2H3,(H,23,24,25)/t11-,12?/m1/s1. The van der Waals surface area contributed by atoms with Gasteiger partial charge in [-0.3, -0.25) is 0 Å². The van der Waals surface area contributed by atoms with Crippen molar-refractivity contribution in [3.05, 3.63) is 52.6 Å². The van der Waals surface area contributed by atoms with Crippen molar-refractivity contribution in [1.29, 1.82) is 0 Å². The molecule has 3 aromatic rings. The van der Waals surface area contributed by atoms with Crippen LogP contribution in [0.25, 0.3) is 16.0 Å². The lowest BCUT2D eigenvalue weighted by atomic mass is 10.1. The van der Waals surface area contributed by atoms with Gasteiger partial charge in [-0.2, -0.15) is 0 Å². The highest BCUT2D eigenvalue weighted by Crippen LogP contribution is 2.35. The lowest BCUT2D eigenvalue weighted by molar-refractivity contribution is 0.654. The molecule has 0 radical (unpaired) electrons. The predicted molar refractivity (Wildman–Crippen MR) is 103 cm³/mol. The van der Waals surface area contributed by atoms with E-state index in [1.807, 2.05) is 28.8 Å². The first kappa shape index (κ1) is 16.8. The summed E-state index contributed by atoms with van der Waals surface area (Å²) < 4.78 is 2.05. The smallest absolute Gasteiger partial charge is 0.375 e. The van der Waals surface area contributed by atoms with Crippen molar-refractivity contribution in [2.75, 3.05) is 5.32 Å². The normalized spacial score (nSPS) is 16.2. The van der Waals surface area contributed by atoms with Gasteiger partial charge in [0.1, 0.15) is 0 Å². The molecular formula is C19H19ClN6. The molecule has 1 aliphatic carbocycles. The molecule has 0 amide bonds. The summed E-state index contributed by atoms with van der Waals surface area (Å²) in [6.45, 7) is 11.5. The number of aromatic nitrogens is 4. The second-order valence-electron chi connectivity index (χ2n) is 6.81. The Labute approximate surface area is 157 Å². The Hall–Kier alpha value is -2.65. The van der Waals surface area contributed by atoms with Gasteiger partial charge in [-0.05, 0) is 50.3 Å². The fraction of sp³-hybridized carbons (Fsp3) is 0.368. The Bertz CT molecular complexity index is 984. The first-order valence-corrected chi connectivity index (χ1v) is 9.08. The minimum Gasteiger partial charge on any atom is -0.394 e. The molecule has 26 heavy (non-hydrogen) atoms. The average Bonchev–Trinajstić information content (AvgIpc) is 3.41. The van der Waals surface area contributed by atoms with E-state index < -0.39 is 0 Å². The average molecular weight is 367 g/mol. The van der Waals surface area contributed by atoms with Gasteiger partial charge in [0.05, 0.1) is 12.4 Å². The topological polar surface area (TPSA) is 60.0 Å². The van der Waals surface area contributed by atoms with Gasteiger partial charge in [-0.1, -0.05) is 23.7 Å².